The summed E-state index contributed by atoms with van der Waals surface area (Å²) in [5, 5.41) is 18.8. The predicted octanol–water partition coefficient (Wildman–Crippen LogP) is 3.39. The number of rotatable bonds is 4. The summed E-state index contributed by atoms with van der Waals surface area (Å²) >= 11 is 3.07. The topological polar surface area (TPSA) is 132 Å². The molecule has 2 aromatic carbocycles. The molecule has 0 radical (unpaired) electrons. The van der Waals surface area contributed by atoms with Gasteiger partial charge < -0.3 is 38.9 Å². The fourth-order valence-electron chi connectivity index (χ4n) is 7.05. The molecule has 16 heteroatoms. The molecule has 0 saturated carbocycles. The molecule has 2 N–H and O–H groups in total. The first-order chi connectivity index (χ1) is 23.9. The van der Waals surface area contributed by atoms with Crippen molar-refractivity contribution in [1.82, 2.24) is 18.9 Å². The van der Waals surface area contributed by atoms with Gasteiger partial charge in [0.15, 0.2) is 0 Å². The summed E-state index contributed by atoms with van der Waals surface area (Å²) in [6.07, 6.45) is 2.78. The molecule has 0 unspecified atom stereocenters. The van der Waals surface area contributed by atoms with Gasteiger partial charge in [-0.1, -0.05) is 0 Å². The number of anilines is 2. The van der Waals surface area contributed by atoms with E-state index in [0.29, 0.717) is 47.0 Å². The Labute approximate surface area is 293 Å². The number of benzene rings is 2. The lowest BCUT2D eigenvalue weighted by molar-refractivity contribution is 0.0684. The number of pyridine rings is 2. The number of hydrogen-bond donors (Lipinski definition) is 2. The molecule has 2 saturated heterocycles. The van der Waals surface area contributed by atoms with Crippen molar-refractivity contribution in [3.05, 3.63) is 67.7 Å². The molecule has 2 aromatic heterocycles. The maximum absolute atomic E-state index is 15.0. The minimum atomic E-state index is -1.28. The van der Waals surface area contributed by atoms with E-state index in [9.17, 15) is 38.2 Å². The Morgan fingerprint density at radius 1 is 0.620 bits per heavy atom. The second-order valence-electron chi connectivity index (χ2n) is 12.9. The number of thioether (sulfide) groups is 2. The summed E-state index contributed by atoms with van der Waals surface area (Å²) in [6, 6.07) is 2.42. The Morgan fingerprint density at radius 2 is 0.980 bits per heavy atom. The van der Waals surface area contributed by atoms with Crippen LogP contribution in [-0.2, 0) is 13.1 Å². The number of hydrogen-bond acceptors (Lipinski definition) is 10. The predicted molar refractivity (Wildman–Crippen MR) is 191 cm³/mol. The summed E-state index contributed by atoms with van der Waals surface area (Å²) in [6.45, 7) is 7.52. The number of carboxylic acids is 2. The van der Waals surface area contributed by atoms with Gasteiger partial charge in [-0.3, -0.25) is 9.59 Å². The van der Waals surface area contributed by atoms with E-state index in [1.807, 2.05) is 23.9 Å². The maximum Gasteiger partial charge on any atom is 0.341 e. The van der Waals surface area contributed by atoms with Crippen molar-refractivity contribution in [3.63, 3.8) is 0 Å². The minimum Gasteiger partial charge on any atom is -0.477 e. The van der Waals surface area contributed by atoms with E-state index in [0.717, 1.165) is 62.1 Å². The van der Waals surface area contributed by atoms with E-state index in [-0.39, 0.29) is 21.9 Å². The van der Waals surface area contributed by atoms with Gasteiger partial charge in [-0.05, 0) is 26.2 Å². The van der Waals surface area contributed by atoms with Crippen LogP contribution in [0.15, 0.2) is 43.9 Å². The molecular formula is C34H36F2N6O6S2. The highest BCUT2D eigenvalue weighted by molar-refractivity contribution is 8.00. The fraction of sp³-hybridized carbons (Fsp3) is 0.412. The average molecular weight is 727 g/mol. The van der Waals surface area contributed by atoms with Gasteiger partial charge in [-0.15, -0.1) is 23.5 Å². The number of halogens is 2. The summed E-state index contributed by atoms with van der Waals surface area (Å²) < 4.78 is 33.5. The van der Waals surface area contributed by atoms with Gasteiger partial charge >= 0.3 is 11.9 Å². The van der Waals surface area contributed by atoms with Crippen LogP contribution in [0.1, 0.15) is 20.7 Å². The van der Waals surface area contributed by atoms with Gasteiger partial charge in [0.25, 0.3) is 0 Å². The Kier molecular flexibility index (Phi) is 9.30. The number of piperazine rings is 2. The largest absolute Gasteiger partial charge is 0.477 e. The first-order valence-electron chi connectivity index (χ1n) is 16.3. The smallest absolute Gasteiger partial charge is 0.341 e. The monoisotopic (exact) mass is 726 g/mol. The van der Waals surface area contributed by atoms with Crippen LogP contribution in [0, 0.1) is 11.6 Å². The molecule has 0 aliphatic carbocycles. The zero-order valence-corrected chi connectivity index (χ0v) is 29.2. The number of nitrogens with zero attached hydrogens (tertiary/aromatic N) is 6. The molecule has 4 aliphatic rings. The highest BCUT2D eigenvalue weighted by atomic mass is 32.2. The number of carbonyl (C=O) groups is 2. The summed E-state index contributed by atoms with van der Waals surface area (Å²) in [4.78, 5) is 57.7. The van der Waals surface area contributed by atoms with Crippen LogP contribution in [0.4, 0.5) is 20.2 Å². The van der Waals surface area contributed by atoms with Crippen molar-refractivity contribution in [2.24, 2.45) is 0 Å². The second-order valence-corrected chi connectivity index (χ2v) is 15.1. The minimum absolute atomic E-state index is 0.150. The zero-order chi connectivity index (χ0) is 35.4. The lowest BCUT2D eigenvalue weighted by Gasteiger charge is -2.36. The number of aryl methyl sites for hydroxylation is 2. The second kappa shape index (κ2) is 13.5. The standard InChI is InChI=1S/2C17H18FN3O3S/c2*1-19-2-4-20(5-3-19)14-12(18)8-10-13-16(14)25-7-6-21(13)9-11(15(10)22)17(23)24/h2*8-9H,2-7H2,1H3,(H,23,24). The molecule has 0 atom stereocenters. The van der Waals surface area contributed by atoms with Crippen LogP contribution in [0.3, 0.4) is 0 Å². The van der Waals surface area contributed by atoms with Crippen molar-refractivity contribution >= 4 is 68.6 Å². The third-order valence-electron chi connectivity index (χ3n) is 9.74. The number of likely N-dealkylation sites (N-methyl/N-ethyl adjacent to an activating group) is 2. The molecule has 264 valence electrons. The first kappa shape index (κ1) is 34.3. The molecule has 4 aromatic rings. The van der Waals surface area contributed by atoms with E-state index in [1.54, 1.807) is 9.13 Å². The number of carboxylic acid groups (broad SMARTS) is 2. The molecule has 0 amide bonds. The van der Waals surface area contributed by atoms with Gasteiger partial charge in [0, 0.05) is 89.3 Å². The zero-order valence-electron chi connectivity index (χ0n) is 27.6. The third kappa shape index (κ3) is 6.01. The van der Waals surface area contributed by atoms with E-state index < -0.39 is 34.4 Å². The van der Waals surface area contributed by atoms with Gasteiger partial charge in [-0.25, -0.2) is 18.4 Å². The molecule has 4 aliphatic heterocycles. The Morgan fingerprint density at radius 3 is 1.32 bits per heavy atom. The Bertz CT molecular complexity index is 2020. The van der Waals surface area contributed by atoms with Crippen molar-refractivity contribution < 1.29 is 28.6 Å². The van der Waals surface area contributed by atoms with E-state index in [1.165, 1.54) is 48.1 Å². The van der Waals surface area contributed by atoms with E-state index in [2.05, 4.69) is 9.80 Å². The normalized spacial score (nSPS) is 17.9. The average Bonchev–Trinajstić information content (AvgIpc) is 3.09. The fourth-order valence-corrected chi connectivity index (χ4v) is 9.49. The number of aromatic nitrogens is 2. The molecule has 12 nitrogen and oxygen atoms in total. The highest BCUT2D eigenvalue weighted by Crippen LogP contribution is 2.42. The van der Waals surface area contributed by atoms with Crippen LogP contribution in [-0.4, -0.2) is 119 Å². The van der Waals surface area contributed by atoms with E-state index in [4.69, 9.17) is 0 Å². The van der Waals surface area contributed by atoms with Crippen LogP contribution >= 0.6 is 23.5 Å². The number of aromatic carboxylic acids is 2. The van der Waals surface area contributed by atoms with Gasteiger partial charge in [0.1, 0.15) is 22.8 Å². The molecular weight excluding hydrogens is 691 g/mol. The molecule has 50 heavy (non-hydrogen) atoms. The third-order valence-corrected chi connectivity index (χ3v) is 11.9. The first-order valence-corrected chi connectivity index (χ1v) is 18.3. The molecule has 8 rings (SSSR count). The molecule has 2 fully saturated rings. The highest BCUT2D eigenvalue weighted by Gasteiger charge is 2.30. The Hall–Kier alpha value is -4.12. The van der Waals surface area contributed by atoms with Crippen LogP contribution < -0.4 is 20.7 Å². The molecule has 6 heterocycles. The maximum atomic E-state index is 15.0. The molecule has 0 spiro atoms. The van der Waals surface area contributed by atoms with Crippen LogP contribution in [0.2, 0.25) is 0 Å². The van der Waals surface area contributed by atoms with Gasteiger partial charge in [0.2, 0.25) is 10.9 Å². The quantitative estimate of drug-likeness (QED) is 0.320. The van der Waals surface area contributed by atoms with Crippen LogP contribution in [0.5, 0.6) is 0 Å². The Balaban J connectivity index is 0.000000157. The summed E-state index contributed by atoms with van der Waals surface area (Å²) in [7, 11) is 4.08. The lowest BCUT2D eigenvalue weighted by atomic mass is 10.1. The van der Waals surface area contributed by atoms with Crippen LogP contribution in [0.25, 0.3) is 21.8 Å². The van der Waals surface area contributed by atoms with Gasteiger partial charge in [0.05, 0.1) is 43.0 Å². The molecule has 0 bridgehead atoms. The lowest BCUT2D eigenvalue weighted by Crippen LogP contribution is -2.45. The SMILES string of the molecule is CN1CCN(c2c(F)cc3c(=O)c(C(=O)O)cn4c3c2SCC4)CC1.CN1CCN(c2c(F)cc3c(=O)c(C(=O)O)cn4c3c2SCC4)CC1. The van der Waals surface area contributed by atoms with Crippen molar-refractivity contribution in [3.8, 4) is 0 Å². The van der Waals surface area contributed by atoms with E-state index >= 15 is 0 Å². The summed E-state index contributed by atoms with van der Waals surface area (Å²) in [5.74, 6) is -2.03. The summed E-state index contributed by atoms with van der Waals surface area (Å²) in [5.41, 5.74) is 0.540. The van der Waals surface area contributed by atoms with Gasteiger partial charge in [-0.2, -0.15) is 0 Å². The van der Waals surface area contributed by atoms with Crippen molar-refractivity contribution in [2.45, 2.75) is 22.9 Å². The van der Waals surface area contributed by atoms with Crippen molar-refractivity contribution in [2.75, 3.05) is 87.8 Å². The van der Waals surface area contributed by atoms with Crippen molar-refractivity contribution in [1.29, 1.82) is 0 Å².